The number of rotatable bonds is 5. The highest BCUT2D eigenvalue weighted by molar-refractivity contribution is 7.10. The molecule has 0 aromatic carbocycles. The van der Waals surface area contributed by atoms with Gasteiger partial charge in [-0.3, -0.25) is 0 Å². The lowest BCUT2D eigenvalue weighted by Crippen LogP contribution is -2.16. The lowest BCUT2D eigenvalue weighted by molar-refractivity contribution is 0.430. The molecular weight excluding hydrogens is 238 g/mol. The molecule has 1 aliphatic rings. The zero-order valence-electron chi connectivity index (χ0n) is 9.84. The summed E-state index contributed by atoms with van der Waals surface area (Å²) >= 11 is 7.95. The van der Waals surface area contributed by atoms with Crippen LogP contribution in [0.3, 0.4) is 0 Å². The summed E-state index contributed by atoms with van der Waals surface area (Å²) in [5.74, 6) is 0.967. The number of thiophene rings is 1. The van der Waals surface area contributed by atoms with Crippen LogP contribution in [-0.2, 0) is 0 Å². The van der Waals surface area contributed by atoms with Gasteiger partial charge in [0, 0.05) is 10.9 Å². The fraction of sp³-hybridized carbons (Fsp3) is 0.692. The molecule has 1 saturated carbocycles. The van der Waals surface area contributed by atoms with E-state index >= 15 is 0 Å². The lowest BCUT2D eigenvalue weighted by Gasteiger charge is -2.17. The molecule has 1 N–H and O–H groups in total. The minimum atomic E-state index is 0.452. The van der Waals surface area contributed by atoms with E-state index in [0.29, 0.717) is 6.04 Å². The summed E-state index contributed by atoms with van der Waals surface area (Å²) in [6, 6.07) is 2.45. The summed E-state index contributed by atoms with van der Waals surface area (Å²) in [6.07, 6.45) is 8.33. The number of halogens is 1. The van der Waals surface area contributed by atoms with Crippen LogP contribution in [0, 0.1) is 5.92 Å². The van der Waals surface area contributed by atoms with Gasteiger partial charge >= 0.3 is 0 Å². The van der Waals surface area contributed by atoms with Crippen LogP contribution in [0.5, 0.6) is 0 Å². The van der Waals surface area contributed by atoms with Crippen molar-refractivity contribution >= 4 is 22.9 Å². The highest BCUT2D eigenvalue weighted by Crippen LogP contribution is 2.35. The van der Waals surface area contributed by atoms with Crippen LogP contribution in [0.4, 0.5) is 0 Å². The predicted molar refractivity (Wildman–Crippen MR) is 72.3 cm³/mol. The molecule has 1 heterocycles. The molecule has 1 fully saturated rings. The van der Waals surface area contributed by atoms with Gasteiger partial charge < -0.3 is 5.32 Å². The molecule has 1 atom stereocenters. The molecule has 0 radical (unpaired) electrons. The van der Waals surface area contributed by atoms with Crippen molar-refractivity contribution in [2.24, 2.45) is 5.92 Å². The average molecular weight is 258 g/mol. The van der Waals surface area contributed by atoms with Crippen LogP contribution < -0.4 is 5.32 Å². The molecule has 1 aliphatic carbocycles. The van der Waals surface area contributed by atoms with Gasteiger partial charge in [-0.25, -0.2) is 0 Å². The fourth-order valence-electron chi connectivity index (χ4n) is 2.66. The van der Waals surface area contributed by atoms with Crippen molar-refractivity contribution in [1.82, 2.24) is 5.32 Å². The average Bonchev–Trinajstić information content (AvgIpc) is 2.92. The zero-order valence-corrected chi connectivity index (χ0v) is 11.4. The Bertz CT molecular complexity index is 317. The van der Waals surface area contributed by atoms with E-state index in [0.717, 1.165) is 10.9 Å². The first-order valence-electron chi connectivity index (χ1n) is 6.21. The predicted octanol–water partition coefficient (Wildman–Crippen LogP) is 4.63. The van der Waals surface area contributed by atoms with Gasteiger partial charge in [0.2, 0.25) is 0 Å². The Balaban J connectivity index is 1.88. The van der Waals surface area contributed by atoms with Crippen LogP contribution >= 0.6 is 22.9 Å². The number of hydrogen-bond acceptors (Lipinski definition) is 2. The van der Waals surface area contributed by atoms with Crippen LogP contribution in [0.25, 0.3) is 0 Å². The minimum Gasteiger partial charge on any atom is -0.312 e. The second-order valence-electron chi connectivity index (χ2n) is 4.70. The molecule has 16 heavy (non-hydrogen) atoms. The quantitative estimate of drug-likeness (QED) is 0.811. The summed E-state index contributed by atoms with van der Waals surface area (Å²) in [5, 5.41) is 6.40. The zero-order chi connectivity index (χ0) is 11.4. The Labute approximate surface area is 107 Å². The van der Waals surface area contributed by atoms with Crippen LogP contribution in [0.2, 0.25) is 5.02 Å². The van der Waals surface area contributed by atoms with Crippen molar-refractivity contribution in [3.8, 4) is 0 Å². The van der Waals surface area contributed by atoms with Crippen molar-refractivity contribution in [2.75, 3.05) is 7.05 Å². The Morgan fingerprint density at radius 1 is 1.50 bits per heavy atom. The maximum absolute atomic E-state index is 6.18. The Hall–Kier alpha value is -0.0500. The highest BCUT2D eigenvalue weighted by Gasteiger charge is 2.19. The van der Waals surface area contributed by atoms with Gasteiger partial charge in [0.25, 0.3) is 0 Å². The van der Waals surface area contributed by atoms with Gasteiger partial charge in [0.1, 0.15) is 0 Å². The first kappa shape index (κ1) is 12.4. The lowest BCUT2D eigenvalue weighted by atomic mass is 9.98. The van der Waals surface area contributed by atoms with E-state index in [2.05, 4.69) is 10.7 Å². The summed E-state index contributed by atoms with van der Waals surface area (Å²) in [7, 11) is 2.04. The Kier molecular flexibility index (Phi) is 4.68. The van der Waals surface area contributed by atoms with E-state index in [4.69, 9.17) is 11.6 Å². The van der Waals surface area contributed by atoms with E-state index in [1.165, 1.54) is 43.4 Å². The summed E-state index contributed by atoms with van der Waals surface area (Å²) in [6.45, 7) is 0. The van der Waals surface area contributed by atoms with Gasteiger partial charge in [-0.15, -0.1) is 11.3 Å². The highest BCUT2D eigenvalue weighted by atomic mass is 35.5. The van der Waals surface area contributed by atoms with Gasteiger partial charge in [-0.1, -0.05) is 37.3 Å². The van der Waals surface area contributed by atoms with Crippen LogP contribution in [-0.4, -0.2) is 7.05 Å². The molecule has 1 aromatic rings. The number of nitrogens with one attached hydrogen (secondary N) is 1. The van der Waals surface area contributed by atoms with Crippen molar-refractivity contribution in [3.63, 3.8) is 0 Å². The molecule has 1 aromatic heterocycles. The molecular formula is C13H20ClNS. The first-order chi connectivity index (χ1) is 7.81. The number of hydrogen-bond donors (Lipinski definition) is 1. The van der Waals surface area contributed by atoms with E-state index < -0.39 is 0 Å². The maximum atomic E-state index is 6.18. The molecule has 0 bridgehead atoms. The van der Waals surface area contributed by atoms with E-state index in [1.807, 2.05) is 13.1 Å². The largest absolute Gasteiger partial charge is 0.312 e. The third-order valence-corrected chi connectivity index (χ3v) is 5.12. The van der Waals surface area contributed by atoms with E-state index in [1.54, 1.807) is 11.3 Å². The van der Waals surface area contributed by atoms with Gasteiger partial charge in [0.15, 0.2) is 0 Å². The Morgan fingerprint density at radius 3 is 2.81 bits per heavy atom. The maximum Gasteiger partial charge on any atom is 0.0561 e. The molecule has 2 rings (SSSR count). The third kappa shape index (κ3) is 2.99. The van der Waals surface area contributed by atoms with Crippen molar-refractivity contribution in [3.05, 3.63) is 21.3 Å². The van der Waals surface area contributed by atoms with Gasteiger partial charge in [-0.2, -0.15) is 0 Å². The molecule has 0 aliphatic heterocycles. The van der Waals surface area contributed by atoms with E-state index in [-0.39, 0.29) is 0 Å². The van der Waals surface area contributed by atoms with Crippen molar-refractivity contribution in [2.45, 2.75) is 44.6 Å². The SMILES string of the molecule is CNC(CCC1CCCC1)c1sccc1Cl. The topological polar surface area (TPSA) is 12.0 Å². The molecule has 0 saturated heterocycles. The fourth-order valence-corrected chi connectivity index (χ4v) is 4.00. The summed E-state index contributed by atoms with van der Waals surface area (Å²) in [4.78, 5) is 1.31. The van der Waals surface area contributed by atoms with Crippen molar-refractivity contribution in [1.29, 1.82) is 0 Å². The molecule has 1 nitrogen and oxygen atoms in total. The minimum absolute atomic E-state index is 0.452. The molecule has 0 amide bonds. The standard InChI is InChI=1S/C13H20ClNS/c1-15-12(13-11(14)8-9-16-13)7-6-10-4-2-3-5-10/h8-10,12,15H,2-7H2,1H3. The summed E-state index contributed by atoms with van der Waals surface area (Å²) in [5.41, 5.74) is 0. The summed E-state index contributed by atoms with van der Waals surface area (Å²) < 4.78 is 0. The van der Waals surface area contributed by atoms with Gasteiger partial charge in [0.05, 0.1) is 5.02 Å². The third-order valence-electron chi connectivity index (χ3n) is 3.65. The smallest absolute Gasteiger partial charge is 0.0561 e. The second-order valence-corrected chi connectivity index (χ2v) is 6.06. The van der Waals surface area contributed by atoms with Crippen LogP contribution in [0.1, 0.15) is 49.4 Å². The molecule has 1 unspecified atom stereocenters. The first-order valence-corrected chi connectivity index (χ1v) is 7.47. The monoisotopic (exact) mass is 257 g/mol. The second kappa shape index (κ2) is 6.04. The van der Waals surface area contributed by atoms with Crippen molar-refractivity contribution < 1.29 is 0 Å². The molecule has 0 spiro atoms. The van der Waals surface area contributed by atoms with Gasteiger partial charge in [-0.05, 0) is 37.3 Å². The van der Waals surface area contributed by atoms with Crippen LogP contribution in [0.15, 0.2) is 11.4 Å². The molecule has 3 heteroatoms. The van der Waals surface area contributed by atoms with E-state index in [9.17, 15) is 0 Å². The molecule has 90 valence electrons. The normalized spacial score (nSPS) is 19.1. The Morgan fingerprint density at radius 2 is 2.25 bits per heavy atom.